The molecular formula is C15H23N3O3. The molecule has 1 aromatic rings. The van der Waals surface area contributed by atoms with Gasteiger partial charge in [-0.3, -0.25) is 4.79 Å². The summed E-state index contributed by atoms with van der Waals surface area (Å²) in [5.41, 5.74) is 0.331. The molecule has 2 N–H and O–H groups in total. The highest BCUT2D eigenvalue weighted by Crippen LogP contribution is 2.27. The van der Waals surface area contributed by atoms with Crippen LogP contribution in [-0.4, -0.2) is 44.3 Å². The Morgan fingerprint density at radius 2 is 2.33 bits per heavy atom. The molecule has 0 aromatic carbocycles. The first-order chi connectivity index (χ1) is 10.1. The number of ether oxygens (including phenoxy) is 2. The van der Waals surface area contributed by atoms with Gasteiger partial charge in [0.25, 0.3) is 0 Å². The van der Waals surface area contributed by atoms with Crippen LogP contribution in [0.4, 0.5) is 5.69 Å². The number of hydrogen-bond donors (Lipinski definition) is 2. The van der Waals surface area contributed by atoms with E-state index in [9.17, 15) is 4.79 Å². The number of piperidine rings is 1. The number of carbonyl (C=O) groups excluding carboxylic acids is 1. The molecule has 1 aromatic heterocycles. The van der Waals surface area contributed by atoms with Crippen LogP contribution in [0.2, 0.25) is 0 Å². The Bertz CT molecular complexity index is 456. The fourth-order valence-electron chi connectivity index (χ4n) is 2.30. The standard InChI is InChI=1S/C15H23N3O3/c1-15(6-3-7-16-11-15)14(19)18-12-4-5-13(17-10-12)21-9-8-20-2/h4-5,10,16H,3,6-9,11H2,1-2H3,(H,18,19). The highest BCUT2D eigenvalue weighted by molar-refractivity contribution is 5.95. The lowest BCUT2D eigenvalue weighted by Gasteiger charge is -2.32. The van der Waals surface area contributed by atoms with Crippen molar-refractivity contribution in [3.63, 3.8) is 0 Å². The van der Waals surface area contributed by atoms with Crippen molar-refractivity contribution in [1.82, 2.24) is 10.3 Å². The van der Waals surface area contributed by atoms with Gasteiger partial charge in [0.2, 0.25) is 11.8 Å². The minimum Gasteiger partial charge on any atom is -0.475 e. The predicted molar refractivity (Wildman–Crippen MR) is 80.4 cm³/mol. The zero-order chi connectivity index (χ0) is 15.1. The summed E-state index contributed by atoms with van der Waals surface area (Å²) in [7, 11) is 1.62. The van der Waals surface area contributed by atoms with Gasteiger partial charge in [-0.1, -0.05) is 0 Å². The van der Waals surface area contributed by atoms with Crippen molar-refractivity contribution in [3.05, 3.63) is 18.3 Å². The van der Waals surface area contributed by atoms with Gasteiger partial charge >= 0.3 is 0 Å². The number of anilines is 1. The Kier molecular flexibility index (Phi) is 5.52. The van der Waals surface area contributed by atoms with E-state index >= 15 is 0 Å². The molecule has 1 aliphatic rings. The third kappa shape index (κ3) is 4.41. The van der Waals surface area contributed by atoms with Crippen LogP contribution in [0.15, 0.2) is 18.3 Å². The Hall–Kier alpha value is -1.66. The summed E-state index contributed by atoms with van der Waals surface area (Å²) in [5.74, 6) is 0.556. The maximum Gasteiger partial charge on any atom is 0.231 e. The minimum absolute atomic E-state index is 0.0320. The first-order valence-electron chi connectivity index (χ1n) is 7.24. The number of pyridine rings is 1. The number of aromatic nitrogens is 1. The second-order valence-electron chi connectivity index (χ2n) is 5.52. The first-order valence-corrected chi connectivity index (χ1v) is 7.24. The molecule has 0 aliphatic carbocycles. The molecule has 6 nitrogen and oxygen atoms in total. The molecule has 6 heteroatoms. The molecule has 1 fully saturated rings. The SMILES string of the molecule is COCCOc1ccc(NC(=O)C2(C)CCCNC2)cn1. The van der Waals surface area contributed by atoms with E-state index in [4.69, 9.17) is 9.47 Å². The second-order valence-corrected chi connectivity index (χ2v) is 5.52. The number of hydrogen-bond acceptors (Lipinski definition) is 5. The summed E-state index contributed by atoms with van der Waals surface area (Å²) in [6.45, 7) is 4.66. The van der Waals surface area contributed by atoms with Crippen LogP contribution in [0.25, 0.3) is 0 Å². The molecule has 21 heavy (non-hydrogen) atoms. The maximum atomic E-state index is 12.4. The molecule has 1 aliphatic heterocycles. The minimum atomic E-state index is -0.355. The summed E-state index contributed by atoms with van der Waals surface area (Å²) in [6, 6.07) is 3.54. The van der Waals surface area contributed by atoms with Crippen molar-refractivity contribution in [2.24, 2.45) is 5.41 Å². The number of carbonyl (C=O) groups is 1. The van der Waals surface area contributed by atoms with Crippen molar-refractivity contribution in [3.8, 4) is 5.88 Å². The molecule has 1 saturated heterocycles. The number of rotatable bonds is 6. The van der Waals surface area contributed by atoms with Gasteiger partial charge in [0.05, 0.1) is 23.9 Å². The van der Waals surface area contributed by atoms with Crippen LogP contribution in [0.1, 0.15) is 19.8 Å². The summed E-state index contributed by atoms with van der Waals surface area (Å²) in [5, 5.41) is 6.20. The van der Waals surface area contributed by atoms with E-state index in [0.29, 0.717) is 31.3 Å². The molecule has 1 unspecified atom stereocenters. The monoisotopic (exact) mass is 293 g/mol. The van der Waals surface area contributed by atoms with E-state index in [0.717, 1.165) is 19.4 Å². The van der Waals surface area contributed by atoms with E-state index in [2.05, 4.69) is 15.6 Å². The van der Waals surface area contributed by atoms with Gasteiger partial charge in [-0.15, -0.1) is 0 Å². The lowest BCUT2D eigenvalue weighted by molar-refractivity contribution is -0.125. The summed E-state index contributed by atoms with van der Waals surface area (Å²) >= 11 is 0. The molecular weight excluding hydrogens is 270 g/mol. The van der Waals surface area contributed by atoms with Crippen LogP contribution in [0.5, 0.6) is 5.88 Å². The fourth-order valence-corrected chi connectivity index (χ4v) is 2.30. The van der Waals surface area contributed by atoms with Crippen LogP contribution >= 0.6 is 0 Å². The van der Waals surface area contributed by atoms with E-state index in [1.165, 1.54) is 0 Å². The lowest BCUT2D eigenvalue weighted by atomic mass is 9.82. The van der Waals surface area contributed by atoms with Gasteiger partial charge in [-0.05, 0) is 32.4 Å². The number of methoxy groups -OCH3 is 1. The molecule has 0 spiro atoms. The highest BCUT2D eigenvalue weighted by atomic mass is 16.5. The summed E-state index contributed by atoms with van der Waals surface area (Å²) < 4.78 is 10.3. The van der Waals surface area contributed by atoms with Gasteiger partial charge in [0, 0.05) is 19.7 Å². The molecule has 116 valence electrons. The number of nitrogens with zero attached hydrogens (tertiary/aromatic N) is 1. The third-order valence-corrected chi connectivity index (χ3v) is 3.68. The molecule has 0 bridgehead atoms. The summed E-state index contributed by atoms with van der Waals surface area (Å²) in [4.78, 5) is 16.5. The van der Waals surface area contributed by atoms with Crippen LogP contribution in [0, 0.1) is 5.41 Å². The Labute approximate surface area is 125 Å². The van der Waals surface area contributed by atoms with E-state index in [1.54, 1.807) is 25.4 Å². The quantitative estimate of drug-likeness (QED) is 0.776. The van der Waals surface area contributed by atoms with E-state index in [-0.39, 0.29) is 11.3 Å². The second kappa shape index (κ2) is 7.38. The maximum absolute atomic E-state index is 12.4. The highest BCUT2D eigenvalue weighted by Gasteiger charge is 2.34. The molecule has 0 saturated carbocycles. The Morgan fingerprint density at radius 3 is 2.95 bits per heavy atom. The predicted octanol–water partition coefficient (Wildman–Crippen LogP) is 1.43. The van der Waals surface area contributed by atoms with Gasteiger partial charge in [0.15, 0.2) is 0 Å². The van der Waals surface area contributed by atoms with Crippen molar-refractivity contribution in [2.45, 2.75) is 19.8 Å². The average molecular weight is 293 g/mol. The number of amides is 1. The zero-order valence-electron chi connectivity index (χ0n) is 12.6. The van der Waals surface area contributed by atoms with Crippen molar-refractivity contribution < 1.29 is 14.3 Å². The topological polar surface area (TPSA) is 72.5 Å². The van der Waals surface area contributed by atoms with Crippen LogP contribution in [-0.2, 0) is 9.53 Å². The van der Waals surface area contributed by atoms with Gasteiger partial charge in [-0.25, -0.2) is 4.98 Å². The van der Waals surface area contributed by atoms with Crippen LogP contribution < -0.4 is 15.4 Å². The Balaban J connectivity index is 1.89. The summed E-state index contributed by atoms with van der Waals surface area (Å²) in [6.07, 6.45) is 3.53. The molecule has 1 amide bonds. The smallest absolute Gasteiger partial charge is 0.231 e. The normalized spacial score (nSPS) is 21.8. The molecule has 0 radical (unpaired) electrons. The fraction of sp³-hybridized carbons (Fsp3) is 0.600. The van der Waals surface area contributed by atoms with Crippen LogP contribution in [0.3, 0.4) is 0 Å². The largest absolute Gasteiger partial charge is 0.475 e. The van der Waals surface area contributed by atoms with Gasteiger partial charge in [-0.2, -0.15) is 0 Å². The van der Waals surface area contributed by atoms with Gasteiger partial charge in [0.1, 0.15) is 6.61 Å². The Morgan fingerprint density at radius 1 is 1.48 bits per heavy atom. The van der Waals surface area contributed by atoms with Crippen molar-refractivity contribution in [2.75, 3.05) is 38.7 Å². The van der Waals surface area contributed by atoms with E-state index in [1.807, 2.05) is 6.92 Å². The lowest BCUT2D eigenvalue weighted by Crippen LogP contribution is -2.46. The molecule has 1 atom stereocenters. The van der Waals surface area contributed by atoms with E-state index < -0.39 is 0 Å². The molecule has 2 heterocycles. The van der Waals surface area contributed by atoms with Gasteiger partial charge < -0.3 is 20.1 Å². The number of nitrogens with one attached hydrogen (secondary N) is 2. The third-order valence-electron chi connectivity index (χ3n) is 3.68. The molecule has 2 rings (SSSR count). The first kappa shape index (κ1) is 15.7. The van der Waals surface area contributed by atoms with Crippen molar-refractivity contribution >= 4 is 11.6 Å². The van der Waals surface area contributed by atoms with Crippen molar-refractivity contribution in [1.29, 1.82) is 0 Å². The zero-order valence-corrected chi connectivity index (χ0v) is 12.6. The average Bonchev–Trinajstić information content (AvgIpc) is 2.50.